The zero-order valence-corrected chi connectivity index (χ0v) is 11.6. The van der Waals surface area contributed by atoms with E-state index in [1.165, 1.54) is 6.20 Å². The highest BCUT2D eigenvalue weighted by atomic mass is 16.2. The summed E-state index contributed by atoms with van der Waals surface area (Å²) in [5, 5.41) is 11.4. The second-order valence-electron chi connectivity index (χ2n) is 4.39. The molecule has 1 amide bonds. The third-order valence-electron chi connectivity index (χ3n) is 2.58. The topological polar surface area (TPSA) is 75.1 Å². The van der Waals surface area contributed by atoms with Crippen molar-refractivity contribution in [3.63, 3.8) is 0 Å². The molecule has 5 nitrogen and oxygen atoms in total. The van der Waals surface area contributed by atoms with E-state index >= 15 is 0 Å². The molecule has 0 saturated carbocycles. The molecule has 0 aromatic carbocycles. The van der Waals surface area contributed by atoms with Crippen molar-refractivity contribution >= 4 is 11.7 Å². The molecule has 0 aliphatic rings. The predicted molar refractivity (Wildman–Crippen MR) is 79.7 cm³/mol. The maximum atomic E-state index is 12.1. The van der Waals surface area contributed by atoms with E-state index in [0.29, 0.717) is 23.5 Å². The Bertz CT molecular complexity index is 702. The first-order chi connectivity index (χ1) is 10.2. The van der Waals surface area contributed by atoms with Gasteiger partial charge < -0.3 is 10.4 Å². The summed E-state index contributed by atoms with van der Waals surface area (Å²) >= 11 is 0. The van der Waals surface area contributed by atoms with Crippen molar-refractivity contribution in [2.45, 2.75) is 13.3 Å². The Morgan fingerprint density at radius 1 is 1.38 bits per heavy atom. The Balaban J connectivity index is 2.11. The van der Waals surface area contributed by atoms with Gasteiger partial charge in [-0.1, -0.05) is 12.0 Å². The molecule has 2 aromatic rings. The van der Waals surface area contributed by atoms with Crippen LogP contribution in [0.1, 0.15) is 28.0 Å². The van der Waals surface area contributed by atoms with Crippen molar-refractivity contribution < 1.29 is 9.90 Å². The van der Waals surface area contributed by atoms with Crippen LogP contribution >= 0.6 is 0 Å². The van der Waals surface area contributed by atoms with Gasteiger partial charge in [0.25, 0.3) is 5.91 Å². The van der Waals surface area contributed by atoms with Gasteiger partial charge in [0.05, 0.1) is 12.2 Å². The van der Waals surface area contributed by atoms with Crippen molar-refractivity contribution in [3.05, 3.63) is 53.5 Å². The normalized spacial score (nSPS) is 9.62. The van der Waals surface area contributed by atoms with E-state index in [1.54, 1.807) is 30.5 Å². The lowest BCUT2D eigenvalue weighted by molar-refractivity contribution is 0.102. The van der Waals surface area contributed by atoms with Gasteiger partial charge in [0.1, 0.15) is 11.5 Å². The van der Waals surface area contributed by atoms with Crippen molar-refractivity contribution in [1.29, 1.82) is 0 Å². The number of aliphatic hydroxyl groups excluding tert-OH is 1. The molecule has 2 aromatic heterocycles. The van der Waals surface area contributed by atoms with E-state index in [9.17, 15) is 4.79 Å². The van der Waals surface area contributed by atoms with Crippen molar-refractivity contribution in [1.82, 2.24) is 9.97 Å². The van der Waals surface area contributed by atoms with Crippen LogP contribution in [0.2, 0.25) is 0 Å². The Labute approximate surface area is 123 Å². The van der Waals surface area contributed by atoms with E-state index in [1.807, 2.05) is 6.92 Å². The molecule has 0 bridgehead atoms. The number of rotatable bonds is 3. The molecule has 0 unspecified atom stereocenters. The Morgan fingerprint density at radius 3 is 3.00 bits per heavy atom. The van der Waals surface area contributed by atoms with Crippen molar-refractivity contribution in [2.75, 3.05) is 11.9 Å². The molecule has 0 saturated heterocycles. The number of aryl methyl sites for hydroxylation is 1. The third kappa shape index (κ3) is 4.41. The maximum absolute atomic E-state index is 12.1. The molecule has 0 fully saturated rings. The second-order valence-corrected chi connectivity index (χ2v) is 4.39. The number of aliphatic hydroxyl groups is 1. The number of hydrogen-bond donors (Lipinski definition) is 2. The molecule has 0 aliphatic carbocycles. The average molecular weight is 281 g/mol. The number of aromatic nitrogens is 2. The molecule has 2 heterocycles. The van der Waals surface area contributed by atoms with Crippen LogP contribution in [0, 0.1) is 18.8 Å². The van der Waals surface area contributed by atoms with Crippen molar-refractivity contribution in [3.8, 4) is 11.8 Å². The SMILES string of the molecule is Cc1cncc(C(=O)Nc2cccc(C#CCCO)n2)c1. The van der Waals surface area contributed by atoms with Crippen LogP contribution in [0.4, 0.5) is 5.82 Å². The average Bonchev–Trinajstić information content (AvgIpc) is 2.48. The first-order valence-corrected chi connectivity index (χ1v) is 6.49. The fraction of sp³-hybridized carbons (Fsp3) is 0.188. The van der Waals surface area contributed by atoms with Crippen LogP contribution in [-0.4, -0.2) is 27.6 Å². The highest BCUT2D eigenvalue weighted by Crippen LogP contribution is 2.08. The number of anilines is 1. The number of carbonyl (C=O) groups excluding carboxylic acids is 1. The summed E-state index contributed by atoms with van der Waals surface area (Å²) < 4.78 is 0. The molecule has 0 spiro atoms. The fourth-order valence-electron chi connectivity index (χ4n) is 1.65. The number of carbonyl (C=O) groups is 1. The van der Waals surface area contributed by atoms with Crippen LogP contribution < -0.4 is 5.32 Å². The summed E-state index contributed by atoms with van der Waals surface area (Å²) in [5.41, 5.74) is 1.94. The summed E-state index contributed by atoms with van der Waals surface area (Å²) in [5.74, 6) is 5.77. The highest BCUT2D eigenvalue weighted by molar-refractivity contribution is 6.03. The summed E-state index contributed by atoms with van der Waals surface area (Å²) in [6, 6.07) is 6.96. The van der Waals surface area contributed by atoms with E-state index in [-0.39, 0.29) is 12.5 Å². The Kier molecular flexibility index (Phi) is 5.02. The van der Waals surface area contributed by atoms with Crippen LogP contribution in [0.15, 0.2) is 36.7 Å². The molecular weight excluding hydrogens is 266 g/mol. The second kappa shape index (κ2) is 7.17. The van der Waals surface area contributed by atoms with Gasteiger partial charge in [-0.05, 0) is 36.6 Å². The standard InChI is InChI=1S/C16H15N3O2/c1-12-9-13(11-17-10-12)16(21)19-15-7-4-6-14(18-15)5-2-3-8-20/h4,6-7,9-11,20H,3,8H2,1H3,(H,18,19,21). The number of hydrogen-bond acceptors (Lipinski definition) is 4. The quantitative estimate of drug-likeness (QED) is 0.841. The summed E-state index contributed by atoms with van der Waals surface area (Å²) in [6.45, 7) is 1.89. The lowest BCUT2D eigenvalue weighted by Crippen LogP contribution is -2.13. The first kappa shape index (κ1) is 14.7. The van der Waals surface area contributed by atoms with E-state index in [4.69, 9.17) is 5.11 Å². The van der Waals surface area contributed by atoms with E-state index in [0.717, 1.165) is 5.56 Å². The Morgan fingerprint density at radius 2 is 2.24 bits per heavy atom. The smallest absolute Gasteiger partial charge is 0.258 e. The maximum Gasteiger partial charge on any atom is 0.258 e. The number of pyridine rings is 2. The first-order valence-electron chi connectivity index (χ1n) is 6.49. The van der Waals surface area contributed by atoms with Gasteiger partial charge >= 0.3 is 0 Å². The zero-order chi connectivity index (χ0) is 15.1. The number of amides is 1. The highest BCUT2D eigenvalue weighted by Gasteiger charge is 2.07. The lowest BCUT2D eigenvalue weighted by atomic mass is 10.2. The van der Waals surface area contributed by atoms with Crippen LogP contribution in [0.3, 0.4) is 0 Å². The van der Waals surface area contributed by atoms with Gasteiger partial charge in [0, 0.05) is 18.8 Å². The molecular formula is C16H15N3O2. The fourth-order valence-corrected chi connectivity index (χ4v) is 1.65. The third-order valence-corrected chi connectivity index (χ3v) is 2.58. The van der Waals surface area contributed by atoms with Gasteiger partial charge in [0.2, 0.25) is 0 Å². The van der Waals surface area contributed by atoms with Gasteiger partial charge in [0.15, 0.2) is 0 Å². The Hall–Kier alpha value is -2.71. The molecule has 0 atom stereocenters. The minimum absolute atomic E-state index is 0.0176. The molecule has 0 radical (unpaired) electrons. The van der Waals surface area contributed by atoms with Crippen molar-refractivity contribution in [2.24, 2.45) is 0 Å². The van der Waals surface area contributed by atoms with Gasteiger partial charge in [-0.2, -0.15) is 0 Å². The monoisotopic (exact) mass is 281 g/mol. The summed E-state index contributed by atoms with van der Waals surface area (Å²) in [6.07, 6.45) is 3.59. The minimum atomic E-state index is -0.265. The lowest BCUT2D eigenvalue weighted by Gasteiger charge is -2.05. The van der Waals surface area contributed by atoms with E-state index in [2.05, 4.69) is 27.1 Å². The summed E-state index contributed by atoms with van der Waals surface area (Å²) in [7, 11) is 0. The zero-order valence-electron chi connectivity index (χ0n) is 11.6. The largest absolute Gasteiger partial charge is 0.395 e. The van der Waals surface area contributed by atoms with E-state index < -0.39 is 0 Å². The summed E-state index contributed by atoms with van der Waals surface area (Å²) in [4.78, 5) is 20.3. The van der Waals surface area contributed by atoms with Crippen LogP contribution in [-0.2, 0) is 0 Å². The van der Waals surface area contributed by atoms with Crippen LogP contribution in [0.5, 0.6) is 0 Å². The number of nitrogens with zero attached hydrogens (tertiary/aromatic N) is 2. The number of nitrogens with one attached hydrogen (secondary N) is 1. The molecule has 0 aliphatic heterocycles. The molecule has 5 heteroatoms. The van der Waals surface area contributed by atoms with Gasteiger partial charge in [-0.15, -0.1) is 0 Å². The van der Waals surface area contributed by atoms with Gasteiger partial charge in [-0.3, -0.25) is 9.78 Å². The van der Waals surface area contributed by atoms with Gasteiger partial charge in [-0.25, -0.2) is 4.98 Å². The van der Waals surface area contributed by atoms with Crippen LogP contribution in [0.25, 0.3) is 0 Å². The molecule has 106 valence electrons. The minimum Gasteiger partial charge on any atom is -0.395 e. The molecule has 21 heavy (non-hydrogen) atoms. The molecule has 2 N–H and O–H groups in total. The predicted octanol–water partition coefficient (Wildman–Crippen LogP) is 1.77. The molecule has 2 rings (SSSR count).